The molecular weight excluding hydrogens is 342 g/mol. The van der Waals surface area contributed by atoms with Crippen LogP contribution >= 0.6 is 0 Å². The van der Waals surface area contributed by atoms with E-state index in [1.807, 2.05) is 48.9 Å². The monoisotopic (exact) mass is 365 g/mol. The van der Waals surface area contributed by atoms with Crippen molar-refractivity contribution in [3.8, 4) is 0 Å². The van der Waals surface area contributed by atoms with E-state index < -0.39 is 0 Å². The third kappa shape index (κ3) is 2.96. The van der Waals surface area contributed by atoms with E-state index in [1.165, 1.54) is 4.57 Å². The summed E-state index contributed by atoms with van der Waals surface area (Å²) in [4.78, 5) is 25.7. The van der Waals surface area contributed by atoms with Crippen LogP contribution < -0.4 is 10.9 Å². The van der Waals surface area contributed by atoms with E-state index in [0.717, 1.165) is 23.1 Å². The Kier molecular flexibility index (Phi) is 4.36. The molecule has 3 heterocycles. The topological polar surface area (TPSA) is 65.3 Å². The van der Waals surface area contributed by atoms with Crippen LogP contribution in [-0.4, -0.2) is 27.7 Å². The molecule has 1 aromatic carbocycles. The van der Waals surface area contributed by atoms with Gasteiger partial charge in [0.1, 0.15) is 6.10 Å². The second kappa shape index (κ2) is 6.70. The molecule has 1 saturated heterocycles. The lowest BCUT2D eigenvalue weighted by Gasteiger charge is -2.20. The van der Waals surface area contributed by atoms with Gasteiger partial charge in [-0.25, -0.2) is 0 Å². The molecule has 2 unspecified atom stereocenters. The first-order valence-electron chi connectivity index (χ1n) is 9.10. The molecule has 3 aromatic rings. The zero-order valence-corrected chi connectivity index (χ0v) is 15.7. The second-order valence-corrected chi connectivity index (χ2v) is 7.18. The van der Waals surface area contributed by atoms with Crippen LogP contribution in [0.4, 0.5) is 0 Å². The Morgan fingerprint density at radius 1 is 1.15 bits per heavy atom. The van der Waals surface area contributed by atoms with Crippen molar-refractivity contribution in [1.29, 1.82) is 0 Å². The number of amides is 1. The lowest BCUT2D eigenvalue weighted by Crippen LogP contribution is -2.37. The number of nitrogens with one attached hydrogen (secondary N) is 1. The minimum absolute atomic E-state index is 0.121. The van der Waals surface area contributed by atoms with Gasteiger partial charge >= 0.3 is 0 Å². The molecule has 2 aromatic heterocycles. The highest BCUT2D eigenvalue weighted by Crippen LogP contribution is 2.29. The predicted molar refractivity (Wildman–Crippen MR) is 104 cm³/mol. The Bertz CT molecular complexity index is 1070. The number of rotatable bonds is 3. The van der Waals surface area contributed by atoms with Crippen LogP contribution in [0.1, 0.15) is 34.0 Å². The number of aryl methyl sites for hydroxylation is 3. The van der Waals surface area contributed by atoms with Gasteiger partial charge in [0, 0.05) is 33.1 Å². The summed E-state index contributed by atoms with van der Waals surface area (Å²) >= 11 is 0. The normalized spacial score (nSPS) is 19.5. The fourth-order valence-corrected chi connectivity index (χ4v) is 4.03. The molecule has 6 heteroatoms. The minimum atomic E-state index is -0.236. The first-order chi connectivity index (χ1) is 13.0. The van der Waals surface area contributed by atoms with Gasteiger partial charge in [-0.3, -0.25) is 9.59 Å². The van der Waals surface area contributed by atoms with Gasteiger partial charge in [-0.1, -0.05) is 30.3 Å². The van der Waals surface area contributed by atoms with Gasteiger partial charge in [-0.15, -0.1) is 0 Å². The lowest BCUT2D eigenvalue weighted by atomic mass is 10.0. The van der Waals surface area contributed by atoms with Gasteiger partial charge in [0.2, 0.25) is 0 Å². The minimum Gasteiger partial charge on any atom is -0.371 e. The second-order valence-electron chi connectivity index (χ2n) is 7.18. The van der Waals surface area contributed by atoms with Gasteiger partial charge < -0.3 is 19.2 Å². The number of ether oxygens (including phenoxy) is 1. The Labute approximate surface area is 157 Å². The van der Waals surface area contributed by atoms with Crippen LogP contribution in [0.15, 0.2) is 47.5 Å². The number of carbonyl (C=O) groups excluding carboxylic acids is 1. The number of fused-ring (bicyclic) bond motifs is 1. The SMILES string of the molecule is Cc1cn(C)c(=O)c2c(C(=O)NC3CCOC3c3ccccc3)cn(C)c12. The molecule has 0 saturated carbocycles. The molecule has 1 aliphatic heterocycles. The van der Waals surface area contributed by atoms with Crippen molar-refractivity contribution in [3.05, 3.63) is 69.8 Å². The van der Waals surface area contributed by atoms with E-state index in [1.54, 1.807) is 19.4 Å². The van der Waals surface area contributed by atoms with E-state index in [9.17, 15) is 9.59 Å². The van der Waals surface area contributed by atoms with Crippen molar-refractivity contribution >= 4 is 16.8 Å². The molecule has 1 amide bonds. The third-order valence-electron chi connectivity index (χ3n) is 5.26. The summed E-state index contributed by atoms with van der Waals surface area (Å²) in [6, 6.07) is 9.78. The summed E-state index contributed by atoms with van der Waals surface area (Å²) < 4.78 is 9.23. The summed E-state index contributed by atoms with van der Waals surface area (Å²) in [6.07, 6.45) is 4.10. The van der Waals surface area contributed by atoms with Crippen LogP contribution in [0.3, 0.4) is 0 Å². The highest BCUT2D eigenvalue weighted by atomic mass is 16.5. The highest BCUT2D eigenvalue weighted by molar-refractivity contribution is 6.07. The molecule has 27 heavy (non-hydrogen) atoms. The van der Waals surface area contributed by atoms with Gasteiger partial charge in [0.05, 0.1) is 22.5 Å². The van der Waals surface area contributed by atoms with E-state index in [-0.39, 0.29) is 23.6 Å². The van der Waals surface area contributed by atoms with Crippen LogP contribution in [0.5, 0.6) is 0 Å². The molecular formula is C21H23N3O3. The largest absolute Gasteiger partial charge is 0.371 e. The van der Waals surface area contributed by atoms with Crippen LogP contribution in [0.25, 0.3) is 10.9 Å². The summed E-state index contributed by atoms with van der Waals surface area (Å²) in [6.45, 7) is 2.54. The molecule has 2 atom stereocenters. The van der Waals surface area contributed by atoms with Crippen molar-refractivity contribution in [2.24, 2.45) is 14.1 Å². The standard InChI is InChI=1S/C21H23N3O3/c1-13-11-24(3)21(26)17-15(12-23(2)18(13)17)20(25)22-16-9-10-27-19(16)14-7-5-4-6-8-14/h4-8,11-12,16,19H,9-10H2,1-3H3,(H,22,25). The molecule has 0 radical (unpaired) electrons. The first-order valence-corrected chi connectivity index (χ1v) is 9.10. The Morgan fingerprint density at radius 2 is 1.89 bits per heavy atom. The van der Waals surface area contributed by atoms with Gasteiger partial charge in [0.25, 0.3) is 11.5 Å². The number of hydrogen-bond donors (Lipinski definition) is 1. The quantitative estimate of drug-likeness (QED) is 0.775. The number of carbonyl (C=O) groups is 1. The molecule has 1 fully saturated rings. The zero-order chi connectivity index (χ0) is 19.1. The third-order valence-corrected chi connectivity index (χ3v) is 5.26. The molecule has 1 aliphatic rings. The molecule has 1 N–H and O–H groups in total. The number of nitrogens with zero attached hydrogens (tertiary/aromatic N) is 2. The Hall–Kier alpha value is -2.86. The molecule has 140 valence electrons. The van der Waals surface area contributed by atoms with E-state index in [2.05, 4.69) is 5.32 Å². The number of aromatic nitrogens is 2. The molecule has 0 aliphatic carbocycles. The lowest BCUT2D eigenvalue weighted by molar-refractivity contribution is 0.0822. The van der Waals surface area contributed by atoms with Gasteiger partial charge in [-0.2, -0.15) is 0 Å². The Morgan fingerprint density at radius 3 is 2.63 bits per heavy atom. The van der Waals surface area contributed by atoms with E-state index >= 15 is 0 Å². The maximum absolute atomic E-state index is 13.1. The maximum Gasteiger partial charge on any atom is 0.260 e. The maximum atomic E-state index is 13.1. The molecule has 0 spiro atoms. The van der Waals surface area contributed by atoms with E-state index in [4.69, 9.17) is 4.74 Å². The predicted octanol–water partition coefficient (Wildman–Crippen LogP) is 2.45. The number of benzene rings is 1. The number of hydrogen-bond acceptors (Lipinski definition) is 3. The number of pyridine rings is 1. The summed E-state index contributed by atoms with van der Waals surface area (Å²) in [5, 5.41) is 3.56. The Balaban J connectivity index is 1.69. The van der Waals surface area contributed by atoms with Crippen molar-refractivity contribution in [2.45, 2.75) is 25.5 Å². The highest BCUT2D eigenvalue weighted by Gasteiger charge is 2.32. The molecule has 4 rings (SSSR count). The average molecular weight is 365 g/mol. The van der Waals surface area contributed by atoms with Crippen LogP contribution in [0, 0.1) is 6.92 Å². The van der Waals surface area contributed by atoms with Crippen molar-refractivity contribution in [1.82, 2.24) is 14.5 Å². The first kappa shape index (κ1) is 17.5. The summed E-state index contributed by atoms with van der Waals surface area (Å²) in [5.41, 5.74) is 3.05. The average Bonchev–Trinajstić information content (AvgIpc) is 3.25. The fraction of sp³-hybridized carbons (Fsp3) is 0.333. The van der Waals surface area contributed by atoms with Crippen molar-refractivity contribution in [3.63, 3.8) is 0 Å². The summed E-state index contributed by atoms with van der Waals surface area (Å²) in [7, 11) is 3.57. The zero-order valence-electron chi connectivity index (χ0n) is 15.7. The van der Waals surface area contributed by atoms with Gasteiger partial charge in [0.15, 0.2) is 0 Å². The fourth-order valence-electron chi connectivity index (χ4n) is 4.03. The van der Waals surface area contributed by atoms with E-state index in [0.29, 0.717) is 17.6 Å². The van der Waals surface area contributed by atoms with Crippen molar-refractivity contribution < 1.29 is 9.53 Å². The molecule has 6 nitrogen and oxygen atoms in total. The summed E-state index contributed by atoms with van der Waals surface area (Å²) in [5.74, 6) is -0.236. The van der Waals surface area contributed by atoms with Gasteiger partial charge in [-0.05, 0) is 24.5 Å². The van der Waals surface area contributed by atoms with Crippen LogP contribution in [-0.2, 0) is 18.8 Å². The van der Waals surface area contributed by atoms with Crippen molar-refractivity contribution in [2.75, 3.05) is 6.61 Å². The van der Waals surface area contributed by atoms with Crippen LogP contribution in [0.2, 0.25) is 0 Å². The smallest absolute Gasteiger partial charge is 0.260 e. The molecule has 0 bridgehead atoms.